The smallest absolute Gasteiger partial charge is 0.166 e. The Morgan fingerprint density at radius 2 is 2.10 bits per heavy atom. The maximum absolute atomic E-state index is 11.9. The molecule has 5 nitrogen and oxygen atoms in total. The number of ketones is 1. The lowest BCUT2D eigenvalue weighted by Crippen LogP contribution is -2.14. The number of aromatic nitrogens is 2. The van der Waals surface area contributed by atoms with Gasteiger partial charge in [0.15, 0.2) is 17.3 Å². The molecule has 0 radical (unpaired) electrons. The first-order valence-electron chi connectivity index (χ1n) is 7.02. The molecule has 0 aliphatic heterocycles. The highest BCUT2D eigenvalue weighted by atomic mass is 16.5. The van der Waals surface area contributed by atoms with Gasteiger partial charge in [-0.2, -0.15) is 5.10 Å². The molecule has 0 atom stereocenters. The summed E-state index contributed by atoms with van der Waals surface area (Å²) < 4.78 is 12.7. The van der Waals surface area contributed by atoms with E-state index >= 15 is 0 Å². The number of nitrogens with zero attached hydrogens (tertiary/aromatic N) is 2. The topological polar surface area (TPSA) is 53.4 Å². The number of hydrogen-bond acceptors (Lipinski definition) is 4. The normalized spacial score (nSPS) is 13.9. The fourth-order valence-corrected chi connectivity index (χ4v) is 2.83. The van der Waals surface area contributed by atoms with E-state index in [0.717, 1.165) is 29.7 Å². The molecule has 3 rings (SSSR count). The van der Waals surface area contributed by atoms with Crippen molar-refractivity contribution in [1.82, 2.24) is 9.78 Å². The summed E-state index contributed by atoms with van der Waals surface area (Å²) in [4.78, 5) is 11.9. The predicted octanol–water partition coefficient (Wildman–Crippen LogP) is 2.47. The van der Waals surface area contributed by atoms with Crippen LogP contribution in [-0.2, 0) is 13.0 Å². The lowest BCUT2D eigenvalue weighted by molar-refractivity contribution is 0.0972. The van der Waals surface area contributed by atoms with Crippen molar-refractivity contribution in [3.05, 3.63) is 41.2 Å². The van der Waals surface area contributed by atoms with Crippen molar-refractivity contribution in [1.29, 1.82) is 0 Å². The average molecular weight is 286 g/mol. The standard InChI is InChI=1S/C16H18N2O3/c1-20-15-8-3-5-11(16(15)21-2)10-18-13-6-4-7-14(19)12(13)9-17-18/h3,5,8-9H,4,6-7,10H2,1-2H3. The number of fused-ring (bicyclic) bond motifs is 1. The summed E-state index contributed by atoms with van der Waals surface area (Å²) in [5, 5.41) is 4.37. The molecule has 1 aromatic heterocycles. The van der Waals surface area contributed by atoms with Crippen LogP contribution in [0.3, 0.4) is 0 Å². The Labute approximate surface area is 123 Å². The van der Waals surface area contributed by atoms with E-state index < -0.39 is 0 Å². The van der Waals surface area contributed by atoms with Crippen LogP contribution in [0, 0.1) is 0 Å². The Balaban J connectivity index is 1.96. The van der Waals surface area contributed by atoms with Gasteiger partial charge in [-0.1, -0.05) is 12.1 Å². The first kappa shape index (κ1) is 13.7. The van der Waals surface area contributed by atoms with E-state index in [1.807, 2.05) is 22.9 Å². The third-order valence-corrected chi connectivity index (χ3v) is 3.87. The van der Waals surface area contributed by atoms with Crippen LogP contribution in [0.4, 0.5) is 0 Å². The minimum Gasteiger partial charge on any atom is -0.493 e. The highest BCUT2D eigenvalue weighted by Gasteiger charge is 2.22. The molecular formula is C16H18N2O3. The van der Waals surface area contributed by atoms with Gasteiger partial charge >= 0.3 is 0 Å². The third kappa shape index (κ3) is 2.39. The van der Waals surface area contributed by atoms with Gasteiger partial charge in [-0.25, -0.2) is 0 Å². The van der Waals surface area contributed by atoms with Crippen molar-refractivity contribution in [2.45, 2.75) is 25.8 Å². The van der Waals surface area contributed by atoms with Crippen LogP contribution >= 0.6 is 0 Å². The summed E-state index contributed by atoms with van der Waals surface area (Å²) in [5.74, 6) is 1.61. The lowest BCUT2D eigenvalue weighted by Gasteiger charge is -2.16. The number of methoxy groups -OCH3 is 2. The second-order valence-electron chi connectivity index (χ2n) is 5.09. The Morgan fingerprint density at radius 3 is 2.86 bits per heavy atom. The van der Waals surface area contributed by atoms with Crippen LogP contribution in [0.2, 0.25) is 0 Å². The number of hydrogen-bond donors (Lipinski definition) is 0. The first-order chi connectivity index (χ1) is 10.2. The van der Waals surface area contributed by atoms with Crippen molar-refractivity contribution in [3.8, 4) is 11.5 Å². The van der Waals surface area contributed by atoms with Crippen molar-refractivity contribution in [3.63, 3.8) is 0 Å². The van der Waals surface area contributed by atoms with E-state index in [-0.39, 0.29) is 5.78 Å². The number of Topliss-reactive ketones (excluding diaryl/α,β-unsaturated/α-hetero) is 1. The van der Waals surface area contributed by atoms with Gasteiger partial charge in [-0.05, 0) is 18.9 Å². The monoisotopic (exact) mass is 286 g/mol. The zero-order chi connectivity index (χ0) is 14.8. The fourth-order valence-electron chi connectivity index (χ4n) is 2.83. The number of carbonyl (C=O) groups excluding carboxylic acids is 1. The lowest BCUT2D eigenvalue weighted by atomic mass is 9.97. The number of benzene rings is 1. The molecule has 0 spiro atoms. The van der Waals surface area contributed by atoms with Crippen molar-refractivity contribution < 1.29 is 14.3 Å². The predicted molar refractivity (Wildman–Crippen MR) is 78.1 cm³/mol. The van der Waals surface area contributed by atoms with Crippen molar-refractivity contribution >= 4 is 5.78 Å². The molecule has 5 heteroatoms. The SMILES string of the molecule is COc1cccc(Cn2ncc3c2CCCC3=O)c1OC. The van der Waals surface area contributed by atoms with Gasteiger partial charge in [-0.3, -0.25) is 9.48 Å². The molecule has 110 valence electrons. The molecule has 0 unspecified atom stereocenters. The molecule has 0 fully saturated rings. The summed E-state index contributed by atoms with van der Waals surface area (Å²) in [7, 11) is 3.25. The van der Waals surface area contributed by atoms with Crippen LogP contribution in [0.15, 0.2) is 24.4 Å². The Morgan fingerprint density at radius 1 is 1.24 bits per heavy atom. The molecule has 0 bridgehead atoms. The van der Waals surface area contributed by atoms with E-state index in [9.17, 15) is 4.79 Å². The van der Waals surface area contributed by atoms with Gasteiger partial charge in [0.25, 0.3) is 0 Å². The minimum atomic E-state index is 0.195. The summed E-state index contributed by atoms with van der Waals surface area (Å²) in [6.45, 7) is 0.572. The van der Waals surface area contributed by atoms with Gasteiger partial charge in [0.2, 0.25) is 0 Å². The van der Waals surface area contributed by atoms with Crippen molar-refractivity contribution in [2.75, 3.05) is 14.2 Å². The molecular weight excluding hydrogens is 268 g/mol. The van der Waals surface area contributed by atoms with Gasteiger partial charge in [0, 0.05) is 17.7 Å². The van der Waals surface area contributed by atoms with Gasteiger partial charge in [0.05, 0.1) is 32.5 Å². The van der Waals surface area contributed by atoms with Gasteiger partial charge < -0.3 is 9.47 Å². The van der Waals surface area contributed by atoms with Crippen molar-refractivity contribution in [2.24, 2.45) is 0 Å². The van der Waals surface area contributed by atoms with E-state index in [1.165, 1.54) is 0 Å². The Bertz CT molecular complexity index is 676. The zero-order valence-corrected chi connectivity index (χ0v) is 12.3. The molecule has 0 N–H and O–H groups in total. The second kappa shape index (κ2) is 5.60. The van der Waals surface area contributed by atoms with E-state index in [2.05, 4.69) is 5.10 Å². The van der Waals surface area contributed by atoms with Crippen LogP contribution in [0.1, 0.15) is 34.5 Å². The highest BCUT2D eigenvalue weighted by Crippen LogP contribution is 2.32. The zero-order valence-electron chi connectivity index (χ0n) is 12.3. The minimum absolute atomic E-state index is 0.195. The maximum Gasteiger partial charge on any atom is 0.166 e. The molecule has 0 saturated carbocycles. The molecule has 0 amide bonds. The third-order valence-electron chi connectivity index (χ3n) is 3.87. The number of ether oxygens (including phenoxy) is 2. The fraction of sp³-hybridized carbons (Fsp3) is 0.375. The second-order valence-corrected chi connectivity index (χ2v) is 5.09. The number of carbonyl (C=O) groups is 1. The number of para-hydroxylation sites is 1. The van der Waals surface area contributed by atoms with Gasteiger partial charge in [0.1, 0.15) is 0 Å². The number of rotatable bonds is 4. The maximum atomic E-state index is 11.9. The average Bonchev–Trinajstić information content (AvgIpc) is 2.91. The largest absolute Gasteiger partial charge is 0.493 e. The van der Waals surface area contributed by atoms with E-state index in [1.54, 1.807) is 20.4 Å². The molecule has 0 saturated heterocycles. The molecule has 1 heterocycles. The van der Waals surface area contributed by atoms with Crippen LogP contribution in [0.5, 0.6) is 11.5 Å². The Hall–Kier alpha value is -2.30. The van der Waals surface area contributed by atoms with E-state index in [0.29, 0.717) is 24.5 Å². The summed E-state index contributed by atoms with van der Waals surface area (Å²) in [6, 6.07) is 5.78. The summed E-state index contributed by atoms with van der Waals surface area (Å²) in [5.41, 5.74) is 2.78. The highest BCUT2D eigenvalue weighted by molar-refractivity contribution is 5.97. The quantitative estimate of drug-likeness (QED) is 0.866. The Kier molecular flexibility index (Phi) is 3.64. The van der Waals surface area contributed by atoms with Crippen LogP contribution in [-0.4, -0.2) is 29.8 Å². The molecule has 1 aliphatic rings. The first-order valence-corrected chi connectivity index (χ1v) is 7.02. The molecule has 2 aromatic rings. The summed E-state index contributed by atoms with van der Waals surface area (Å²) >= 11 is 0. The van der Waals surface area contributed by atoms with Crippen LogP contribution in [0.25, 0.3) is 0 Å². The molecule has 1 aliphatic carbocycles. The summed E-state index contributed by atoms with van der Waals surface area (Å²) in [6.07, 6.45) is 4.10. The molecule has 21 heavy (non-hydrogen) atoms. The van der Waals surface area contributed by atoms with Gasteiger partial charge in [-0.15, -0.1) is 0 Å². The van der Waals surface area contributed by atoms with Crippen LogP contribution < -0.4 is 9.47 Å². The molecule has 1 aromatic carbocycles. The van der Waals surface area contributed by atoms with E-state index in [4.69, 9.17) is 9.47 Å².